The molecule has 2 N–H and O–H groups in total. The number of amides is 3. The van der Waals surface area contributed by atoms with Gasteiger partial charge in [0.25, 0.3) is 0 Å². The highest BCUT2D eigenvalue weighted by Crippen LogP contribution is 2.15. The topological polar surface area (TPSA) is 81.8 Å². The summed E-state index contributed by atoms with van der Waals surface area (Å²) in [7, 11) is 0. The van der Waals surface area contributed by atoms with E-state index >= 15 is 0 Å². The molecule has 26 heavy (non-hydrogen) atoms. The fraction of sp³-hybridized carbons (Fsp3) is 0.526. The van der Waals surface area contributed by atoms with E-state index in [1.54, 1.807) is 4.90 Å². The normalized spacial score (nSPS) is 14.8. The van der Waals surface area contributed by atoms with Crippen LogP contribution in [-0.4, -0.2) is 66.8 Å². The molecule has 1 aliphatic heterocycles. The molecule has 1 heterocycles. The third-order valence-corrected chi connectivity index (χ3v) is 4.48. The van der Waals surface area contributed by atoms with Crippen LogP contribution in [0.4, 0.5) is 5.69 Å². The van der Waals surface area contributed by atoms with E-state index in [9.17, 15) is 14.4 Å². The highest BCUT2D eigenvalue weighted by atomic mass is 16.2. The van der Waals surface area contributed by atoms with Crippen LogP contribution in [0.5, 0.6) is 0 Å². The van der Waals surface area contributed by atoms with Crippen molar-refractivity contribution in [1.29, 1.82) is 0 Å². The van der Waals surface area contributed by atoms with Gasteiger partial charge in [0.1, 0.15) is 0 Å². The number of rotatable bonds is 7. The lowest BCUT2D eigenvalue weighted by Gasteiger charge is -2.34. The van der Waals surface area contributed by atoms with E-state index in [-0.39, 0.29) is 17.7 Å². The number of aryl methyl sites for hydroxylation is 1. The first-order valence-electron chi connectivity index (χ1n) is 9.12. The fourth-order valence-electron chi connectivity index (χ4n) is 3.00. The lowest BCUT2D eigenvalue weighted by atomic mass is 10.1. The molecule has 7 heteroatoms. The molecular formula is C19H28N4O3. The SMILES string of the molecule is CCc1ccccc1NC(=O)CN1CCN(C(=O)CCNC(C)=O)CC1. The Hall–Kier alpha value is -2.41. The first-order chi connectivity index (χ1) is 12.5. The second-order valence-corrected chi connectivity index (χ2v) is 6.45. The number of nitrogens with one attached hydrogen (secondary N) is 2. The van der Waals surface area contributed by atoms with Gasteiger partial charge in [0, 0.05) is 51.8 Å². The van der Waals surface area contributed by atoms with Crippen LogP contribution >= 0.6 is 0 Å². The van der Waals surface area contributed by atoms with Gasteiger partial charge in [0.15, 0.2) is 0 Å². The van der Waals surface area contributed by atoms with Gasteiger partial charge in [0.2, 0.25) is 17.7 Å². The van der Waals surface area contributed by atoms with Crippen molar-refractivity contribution in [2.75, 3.05) is 44.6 Å². The number of para-hydroxylation sites is 1. The summed E-state index contributed by atoms with van der Waals surface area (Å²) < 4.78 is 0. The molecule has 0 aromatic heterocycles. The summed E-state index contributed by atoms with van der Waals surface area (Å²) in [5.41, 5.74) is 1.99. The second-order valence-electron chi connectivity index (χ2n) is 6.45. The molecule has 0 bridgehead atoms. The Bertz CT molecular complexity index is 639. The molecule has 3 amide bonds. The number of carbonyl (C=O) groups excluding carboxylic acids is 3. The number of hydrogen-bond acceptors (Lipinski definition) is 4. The third-order valence-electron chi connectivity index (χ3n) is 4.48. The molecule has 1 aromatic rings. The van der Waals surface area contributed by atoms with Crippen LogP contribution < -0.4 is 10.6 Å². The maximum absolute atomic E-state index is 12.3. The van der Waals surface area contributed by atoms with E-state index < -0.39 is 0 Å². The lowest BCUT2D eigenvalue weighted by Crippen LogP contribution is -2.50. The summed E-state index contributed by atoms with van der Waals surface area (Å²) in [6.45, 7) is 6.76. The van der Waals surface area contributed by atoms with Crippen LogP contribution in [0.15, 0.2) is 24.3 Å². The van der Waals surface area contributed by atoms with Crippen molar-refractivity contribution in [3.8, 4) is 0 Å². The Kier molecular flexibility index (Phi) is 7.59. The van der Waals surface area contributed by atoms with Crippen LogP contribution in [0, 0.1) is 0 Å². The van der Waals surface area contributed by atoms with Crippen molar-refractivity contribution < 1.29 is 14.4 Å². The van der Waals surface area contributed by atoms with E-state index in [1.807, 2.05) is 24.3 Å². The number of piperazine rings is 1. The first-order valence-corrected chi connectivity index (χ1v) is 9.12. The van der Waals surface area contributed by atoms with Crippen molar-refractivity contribution in [2.45, 2.75) is 26.7 Å². The highest BCUT2D eigenvalue weighted by Gasteiger charge is 2.22. The molecule has 1 fully saturated rings. The maximum atomic E-state index is 12.3. The Balaban J connectivity index is 1.73. The van der Waals surface area contributed by atoms with Crippen LogP contribution in [0.1, 0.15) is 25.8 Å². The molecule has 0 spiro atoms. The zero-order valence-corrected chi connectivity index (χ0v) is 15.6. The maximum Gasteiger partial charge on any atom is 0.238 e. The van der Waals surface area contributed by atoms with Crippen molar-refractivity contribution in [1.82, 2.24) is 15.1 Å². The van der Waals surface area contributed by atoms with Gasteiger partial charge in [-0.2, -0.15) is 0 Å². The van der Waals surface area contributed by atoms with E-state index in [2.05, 4.69) is 22.5 Å². The quantitative estimate of drug-likeness (QED) is 0.756. The predicted molar refractivity (Wildman–Crippen MR) is 101 cm³/mol. The van der Waals surface area contributed by atoms with E-state index in [4.69, 9.17) is 0 Å². The van der Waals surface area contributed by atoms with Crippen LogP contribution in [0.3, 0.4) is 0 Å². The van der Waals surface area contributed by atoms with Crippen LogP contribution in [0.25, 0.3) is 0 Å². The Morgan fingerprint density at radius 1 is 1.08 bits per heavy atom. The van der Waals surface area contributed by atoms with E-state index in [0.29, 0.717) is 45.7 Å². The van der Waals surface area contributed by atoms with Crippen molar-refractivity contribution in [3.63, 3.8) is 0 Å². The molecule has 0 aliphatic carbocycles. The minimum absolute atomic E-state index is 0.0312. The standard InChI is InChI=1S/C19H28N4O3/c1-3-16-6-4-5-7-17(16)21-18(25)14-22-10-12-23(13-11-22)19(26)8-9-20-15(2)24/h4-7H,3,8-14H2,1-2H3,(H,20,24)(H,21,25). The van der Waals surface area contributed by atoms with E-state index in [0.717, 1.165) is 17.7 Å². The predicted octanol–water partition coefficient (Wildman–Crippen LogP) is 0.858. The highest BCUT2D eigenvalue weighted by molar-refractivity contribution is 5.93. The number of hydrogen-bond donors (Lipinski definition) is 2. The third kappa shape index (κ3) is 6.15. The molecule has 7 nitrogen and oxygen atoms in total. The molecule has 0 radical (unpaired) electrons. The molecule has 142 valence electrons. The van der Waals surface area contributed by atoms with Gasteiger partial charge in [-0.3, -0.25) is 19.3 Å². The summed E-state index contributed by atoms with van der Waals surface area (Å²) in [4.78, 5) is 39.1. The Morgan fingerprint density at radius 2 is 1.77 bits per heavy atom. The number of benzene rings is 1. The average Bonchev–Trinajstić information content (AvgIpc) is 2.62. The van der Waals surface area contributed by atoms with Crippen LogP contribution in [0.2, 0.25) is 0 Å². The number of nitrogens with zero attached hydrogens (tertiary/aromatic N) is 2. The second kappa shape index (κ2) is 9.91. The summed E-state index contributed by atoms with van der Waals surface area (Å²) in [5.74, 6) is -0.116. The molecule has 2 rings (SSSR count). The van der Waals surface area contributed by atoms with Gasteiger partial charge in [-0.1, -0.05) is 25.1 Å². The zero-order chi connectivity index (χ0) is 18.9. The lowest BCUT2D eigenvalue weighted by molar-refractivity contribution is -0.133. The van der Waals surface area contributed by atoms with Gasteiger partial charge >= 0.3 is 0 Å². The molecule has 1 saturated heterocycles. The molecule has 0 atom stereocenters. The van der Waals surface area contributed by atoms with Gasteiger partial charge in [-0.05, 0) is 18.1 Å². The summed E-state index contributed by atoms with van der Waals surface area (Å²) in [5, 5.41) is 5.61. The Morgan fingerprint density at radius 3 is 2.42 bits per heavy atom. The fourth-order valence-corrected chi connectivity index (χ4v) is 3.00. The molecule has 1 aromatic carbocycles. The van der Waals surface area contributed by atoms with Crippen LogP contribution in [-0.2, 0) is 20.8 Å². The molecular weight excluding hydrogens is 332 g/mol. The van der Waals surface area contributed by atoms with Gasteiger partial charge in [0.05, 0.1) is 6.54 Å². The molecule has 0 unspecified atom stereocenters. The molecule has 0 saturated carbocycles. The number of anilines is 1. The smallest absolute Gasteiger partial charge is 0.238 e. The largest absolute Gasteiger partial charge is 0.356 e. The average molecular weight is 360 g/mol. The zero-order valence-electron chi connectivity index (χ0n) is 15.6. The monoisotopic (exact) mass is 360 g/mol. The minimum Gasteiger partial charge on any atom is -0.356 e. The van der Waals surface area contributed by atoms with Gasteiger partial charge in [-0.15, -0.1) is 0 Å². The summed E-state index contributed by atoms with van der Waals surface area (Å²) in [6.07, 6.45) is 1.18. The van der Waals surface area contributed by atoms with Gasteiger partial charge in [-0.25, -0.2) is 0 Å². The van der Waals surface area contributed by atoms with Crippen molar-refractivity contribution in [2.24, 2.45) is 0 Å². The number of carbonyl (C=O) groups is 3. The first kappa shape index (κ1) is 19.9. The van der Waals surface area contributed by atoms with Crippen molar-refractivity contribution >= 4 is 23.4 Å². The van der Waals surface area contributed by atoms with E-state index in [1.165, 1.54) is 6.92 Å². The summed E-state index contributed by atoms with van der Waals surface area (Å²) in [6, 6.07) is 7.82. The van der Waals surface area contributed by atoms with Crippen molar-refractivity contribution in [3.05, 3.63) is 29.8 Å². The summed E-state index contributed by atoms with van der Waals surface area (Å²) >= 11 is 0. The van der Waals surface area contributed by atoms with Gasteiger partial charge < -0.3 is 15.5 Å². The Labute approximate surface area is 154 Å². The molecule has 1 aliphatic rings. The minimum atomic E-state index is -0.127.